The maximum atomic E-state index is 4.36. The van der Waals surface area contributed by atoms with E-state index in [1.807, 2.05) is 18.4 Å². The zero-order valence-corrected chi connectivity index (χ0v) is 20.0. The second-order valence-electron chi connectivity index (χ2n) is 7.00. The molecule has 0 radical (unpaired) electrons. The Kier molecular flexibility index (Phi) is 10.2. The van der Waals surface area contributed by atoms with Crippen LogP contribution in [0.1, 0.15) is 30.5 Å². The van der Waals surface area contributed by atoms with Crippen molar-refractivity contribution in [3.63, 3.8) is 0 Å². The SMILES string of the molecule is CCc1nncn1CCNC(=NC)NCC1CCCN(Cc2cccs2)C1.I. The molecule has 0 aliphatic carbocycles. The Morgan fingerprint density at radius 3 is 3.04 bits per heavy atom. The minimum absolute atomic E-state index is 0. The summed E-state index contributed by atoms with van der Waals surface area (Å²) in [7, 11) is 1.83. The number of piperidine rings is 1. The van der Waals surface area contributed by atoms with Gasteiger partial charge in [0.05, 0.1) is 0 Å². The highest BCUT2D eigenvalue weighted by atomic mass is 127. The van der Waals surface area contributed by atoms with Crippen LogP contribution < -0.4 is 10.6 Å². The van der Waals surface area contributed by atoms with Crippen LogP contribution in [-0.2, 0) is 19.5 Å². The average molecular weight is 517 g/mol. The fraction of sp³-hybridized carbons (Fsp3) is 0.632. The highest BCUT2D eigenvalue weighted by Crippen LogP contribution is 2.19. The molecule has 28 heavy (non-hydrogen) atoms. The monoisotopic (exact) mass is 517 g/mol. The molecule has 2 aromatic rings. The first-order valence-corrected chi connectivity index (χ1v) is 10.7. The lowest BCUT2D eigenvalue weighted by Crippen LogP contribution is -2.44. The first kappa shape index (κ1) is 23.1. The fourth-order valence-electron chi connectivity index (χ4n) is 3.58. The topological polar surface area (TPSA) is 70.4 Å². The van der Waals surface area contributed by atoms with Crippen LogP contribution in [0.4, 0.5) is 0 Å². The lowest BCUT2D eigenvalue weighted by Gasteiger charge is -2.32. The minimum atomic E-state index is 0. The Morgan fingerprint density at radius 1 is 1.39 bits per heavy atom. The molecule has 0 spiro atoms. The molecular formula is C19H32IN7S. The summed E-state index contributed by atoms with van der Waals surface area (Å²) in [6.07, 6.45) is 5.25. The predicted molar refractivity (Wildman–Crippen MR) is 126 cm³/mol. The Hall–Kier alpha value is -1.20. The van der Waals surface area contributed by atoms with E-state index in [2.05, 4.69) is 59.7 Å². The molecule has 7 nitrogen and oxygen atoms in total. The maximum absolute atomic E-state index is 4.36. The second kappa shape index (κ2) is 12.4. The molecule has 1 unspecified atom stereocenters. The zero-order chi connectivity index (χ0) is 18.9. The normalized spacial score (nSPS) is 17.9. The van der Waals surface area contributed by atoms with Crippen molar-refractivity contribution >= 4 is 41.3 Å². The number of halogens is 1. The number of aryl methyl sites for hydroxylation is 1. The molecule has 0 saturated carbocycles. The Morgan fingerprint density at radius 2 is 2.29 bits per heavy atom. The molecule has 1 aliphatic rings. The summed E-state index contributed by atoms with van der Waals surface area (Å²) in [5, 5.41) is 17.2. The molecule has 2 aromatic heterocycles. The van der Waals surface area contributed by atoms with Gasteiger partial charge in [-0.05, 0) is 36.8 Å². The van der Waals surface area contributed by atoms with Gasteiger partial charge >= 0.3 is 0 Å². The number of guanidine groups is 1. The van der Waals surface area contributed by atoms with Crippen molar-refractivity contribution in [2.45, 2.75) is 39.3 Å². The van der Waals surface area contributed by atoms with Crippen molar-refractivity contribution in [3.05, 3.63) is 34.5 Å². The van der Waals surface area contributed by atoms with Gasteiger partial charge in [-0.25, -0.2) is 0 Å². The summed E-state index contributed by atoms with van der Waals surface area (Å²) in [5.41, 5.74) is 0. The standard InChI is InChI=1S/C19H31N7S.HI/c1-3-18-24-23-15-26(18)10-8-21-19(20-2)22-12-16-6-4-9-25(13-16)14-17-7-5-11-27-17;/h5,7,11,15-16H,3-4,6,8-10,12-14H2,1-2H3,(H2,20,21,22);1H. The van der Waals surface area contributed by atoms with Crippen molar-refractivity contribution in [2.24, 2.45) is 10.9 Å². The van der Waals surface area contributed by atoms with Gasteiger partial charge in [0.2, 0.25) is 0 Å². The number of hydrogen-bond donors (Lipinski definition) is 2. The van der Waals surface area contributed by atoms with Crippen molar-refractivity contribution in [3.8, 4) is 0 Å². The molecule has 1 saturated heterocycles. The Balaban J connectivity index is 0.00000280. The maximum Gasteiger partial charge on any atom is 0.191 e. The molecular weight excluding hydrogens is 485 g/mol. The molecule has 0 bridgehead atoms. The van der Waals surface area contributed by atoms with Crippen LogP contribution in [-0.4, -0.2) is 58.9 Å². The van der Waals surface area contributed by atoms with E-state index >= 15 is 0 Å². The zero-order valence-electron chi connectivity index (χ0n) is 16.8. The van der Waals surface area contributed by atoms with Gasteiger partial charge in [0, 0.05) is 51.1 Å². The molecule has 0 aromatic carbocycles. The number of rotatable bonds is 8. The highest BCUT2D eigenvalue weighted by Gasteiger charge is 2.20. The van der Waals surface area contributed by atoms with E-state index in [1.165, 1.54) is 24.3 Å². The molecule has 1 aliphatic heterocycles. The summed E-state index contributed by atoms with van der Waals surface area (Å²) in [6, 6.07) is 4.37. The smallest absolute Gasteiger partial charge is 0.191 e. The van der Waals surface area contributed by atoms with Gasteiger partial charge in [-0.2, -0.15) is 0 Å². The Labute approximate surface area is 189 Å². The largest absolute Gasteiger partial charge is 0.356 e. The molecule has 2 N–H and O–H groups in total. The van der Waals surface area contributed by atoms with Crippen LogP contribution in [0.3, 0.4) is 0 Å². The molecule has 3 rings (SSSR count). The number of hydrogen-bond acceptors (Lipinski definition) is 5. The van der Waals surface area contributed by atoms with E-state index in [1.54, 1.807) is 6.33 Å². The molecule has 9 heteroatoms. The Bertz CT molecular complexity index is 701. The van der Waals surface area contributed by atoms with Crippen LogP contribution in [0.25, 0.3) is 0 Å². The van der Waals surface area contributed by atoms with Crippen LogP contribution in [0.15, 0.2) is 28.8 Å². The third kappa shape index (κ3) is 7.00. The summed E-state index contributed by atoms with van der Waals surface area (Å²) in [4.78, 5) is 8.39. The van der Waals surface area contributed by atoms with E-state index in [9.17, 15) is 0 Å². The van der Waals surface area contributed by atoms with E-state index in [0.29, 0.717) is 5.92 Å². The fourth-order valence-corrected chi connectivity index (χ4v) is 4.33. The quantitative estimate of drug-likeness (QED) is 0.320. The highest BCUT2D eigenvalue weighted by molar-refractivity contribution is 14.0. The van der Waals surface area contributed by atoms with Crippen molar-refractivity contribution < 1.29 is 0 Å². The van der Waals surface area contributed by atoms with Gasteiger partial charge in [0.15, 0.2) is 5.96 Å². The van der Waals surface area contributed by atoms with Gasteiger partial charge in [0.1, 0.15) is 12.2 Å². The van der Waals surface area contributed by atoms with Crippen molar-refractivity contribution in [1.82, 2.24) is 30.3 Å². The first-order chi connectivity index (χ1) is 13.3. The number of likely N-dealkylation sites (tertiary alicyclic amines) is 1. The van der Waals surface area contributed by atoms with E-state index in [-0.39, 0.29) is 24.0 Å². The third-order valence-electron chi connectivity index (χ3n) is 5.00. The number of aromatic nitrogens is 3. The first-order valence-electron chi connectivity index (χ1n) is 9.84. The minimum Gasteiger partial charge on any atom is -0.356 e. The van der Waals surface area contributed by atoms with Gasteiger partial charge < -0.3 is 15.2 Å². The predicted octanol–water partition coefficient (Wildman–Crippen LogP) is 2.60. The molecule has 156 valence electrons. The molecule has 0 amide bonds. The third-order valence-corrected chi connectivity index (χ3v) is 5.86. The molecule has 1 fully saturated rings. The van der Waals surface area contributed by atoms with Crippen molar-refractivity contribution in [1.29, 1.82) is 0 Å². The lowest BCUT2D eigenvalue weighted by molar-refractivity contribution is 0.169. The molecule has 3 heterocycles. The molecule has 1 atom stereocenters. The van der Waals surface area contributed by atoms with E-state index in [4.69, 9.17) is 0 Å². The lowest BCUT2D eigenvalue weighted by atomic mass is 9.98. The van der Waals surface area contributed by atoms with Crippen LogP contribution in [0.2, 0.25) is 0 Å². The average Bonchev–Trinajstić information content (AvgIpc) is 3.36. The van der Waals surface area contributed by atoms with Crippen LogP contribution >= 0.6 is 35.3 Å². The summed E-state index contributed by atoms with van der Waals surface area (Å²) >= 11 is 1.85. The van der Waals surface area contributed by atoms with Crippen molar-refractivity contribution in [2.75, 3.05) is 33.2 Å². The number of nitrogens with one attached hydrogen (secondary N) is 2. The summed E-state index contributed by atoms with van der Waals surface area (Å²) in [5.74, 6) is 2.56. The second-order valence-corrected chi connectivity index (χ2v) is 8.03. The van der Waals surface area contributed by atoms with E-state index in [0.717, 1.165) is 50.9 Å². The van der Waals surface area contributed by atoms with Gasteiger partial charge in [-0.1, -0.05) is 13.0 Å². The van der Waals surface area contributed by atoms with Gasteiger partial charge in [-0.3, -0.25) is 9.89 Å². The van der Waals surface area contributed by atoms with E-state index < -0.39 is 0 Å². The van der Waals surface area contributed by atoms with Crippen LogP contribution in [0, 0.1) is 5.92 Å². The summed E-state index contributed by atoms with van der Waals surface area (Å²) in [6.45, 7) is 8.16. The number of nitrogens with zero attached hydrogens (tertiary/aromatic N) is 5. The number of thiophene rings is 1. The van der Waals surface area contributed by atoms with Gasteiger partial charge in [-0.15, -0.1) is 45.5 Å². The summed E-state index contributed by atoms with van der Waals surface area (Å²) < 4.78 is 2.09. The number of aliphatic imine (C=N–C) groups is 1. The van der Waals surface area contributed by atoms with Gasteiger partial charge in [0.25, 0.3) is 0 Å². The van der Waals surface area contributed by atoms with Crippen LogP contribution in [0.5, 0.6) is 0 Å².